The van der Waals surface area contributed by atoms with Crippen LogP contribution >= 0.6 is 0 Å². The van der Waals surface area contributed by atoms with E-state index >= 15 is 0 Å². The molecule has 1 heterocycles. The number of halogens is 1. The van der Waals surface area contributed by atoms with Crippen molar-refractivity contribution in [1.29, 1.82) is 0 Å². The molecule has 1 N–H and O–H groups in total. The van der Waals surface area contributed by atoms with E-state index in [0.29, 0.717) is 17.2 Å². The van der Waals surface area contributed by atoms with Gasteiger partial charge < -0.3 is 19.6 Å². The summed E-state index contributed by atoms with van der Waals surface area (Å²) < 4.78 is 23.7. The maximum Gasteiger partial charge on any atom is 0.265 e. The molecule has 0 saturated carbocycles. The highest BCUT2D eigenvalue weighted by Gasteiger charge is 2.14. The van der Waals surface area contributed by atoms with E-state index in [1.807, 2.05) is 0 Å². The molecule has 2 aromatic rings. The summed E-state index contributed by atoms with van der Waals surface area (Å²) in [5.41, 5.74) is 0.838. The number of amides is 1. The number of hydrogen-bond donors (Lipinski definition) is 1. The molecule has 0 saturated heterocycles. The normalized spacial score (nSPS) is 12.4. The summed E-state index contributed by atoms with van der Waals surface area (Å²) in [6.07, 6.45) is 1.21. The summed E-state index contributed by atoms with van der Waals surface area (Å²) in [5, 5.41) is 6.21. The quantitative estimate of drug-likeness (QED) is 0.680. The Morgan fingerprint density at radius 2 is 2.09 bits per heavy atom. The third kappa shape index (κ3) is 3.76. The molecule has 0 aliphatic carbocycles. The lowest BCUT2D eigenvalue weighted by atomic mass is 10.2. The highest BCUT2D eigenvalue weighted by molar-refractivity contribution is 5.92. The van der Waals surface area contributed by atoms with Gasteiger partial charge in [0, 0.05) is 17.3 Å². The van der Waals surface area contributed by atoms with E-state index in [1.165, 1.54) is 12.3 Å². The van der Waals surface area contributed by atoms with E-state index in [-0.39, 0.29) is 19.0 Å². The van der Waals surface area contributed by atoms with Gasteiger partial charge in [-0.1, -0.05) is 23.4 Å². The molecule has 23 heavy (non-hydrogen) atoms. The average molecular weight is 316 g/mol. The molecule has 0 radical (unpaired) electrons. The number of rotatable bonds is 5. The van der Waals surface area contributed by atoms with Gasteiger partial charge in [0.25, 0.3) is 5.91 Å². The number of carbonyl (C=O) groups excluding carboxylic acids is 1. The minimum Gasteiger partial charge on any atom is -0.454 e. The van der Waals surface area contributed by atoms with Crippen LogP contribution in [-0.4, -0.2) is 25.5 Å². The Balaban J connectivity index is 1.49. The summed E-state index contributed by atoms with van der Waals surface area (Å²) in [6.45, 7) is -0.125. The largest absolute Gasteiger partial charge is 0.454 e. The van der Waals surface area contributed by atoms with Crippen LogP contribution in [0.2, 0.25) is 0 Å². The fraction of sp³-hybridized carbons (Fsp3) is 0.125. The second kappa shape index (κ2) is 6.78. The fourth-order valence-electron chi connectivity index (χ4n) is 1.94. The fourth-order valence-corrected chi connectivity index (χ4v) is 1.94. The second-order valence-corrected chi connectivity index (χ2v) is 4.65. The standard InChI is InChI=1S/C16H13FN2O4/c17-13-4-2-1-3-11(13)8-18-23-9-16(20)19-12-5-6-14-15(7-12)22-10-21-14/h1-8H,9-10H2,(H,19,20)/b18-8-. The summed E-state index contributed by atoms with van der Waals surface area (Å²) in [5.74, 6) is 0.397. The van der Waals surface area contributed by atoms with Crippen LogP contribution in [0.15, 0.2) is 47.6 Å². The first kappa shape index (κ1) is 14.8. The Morgan fingerprint density at radius 1 is 1.26 bits per heavy atom. The van der Waals surface area contributed by atoms with Crippen LogP contribution < -0.4 is 14.8 Å². The Bertz CT molecular complexity index is 749. The lowest BCUT2D eigenvalue weighted by molar-refractivity contribution is -0.120. The molecule has 0 bridgehead atoms. The minimum atomic E-state index is -0.412. The molecule has 0 fully saturated rings. The third-order valence-electron chi connectivity index (χ3n) is 3.02. The first-order valence-electron chi connectivity index (χ1n) is 6.82. The van der Waals surface area contributed by atoms with Crippen LogP contribution in [0.3, 0.4) is 0 Å². The first-order valence-corrected chi connectivity index (χ1v) is 6.82. The van der Waals surface area contributed by atoms with E-state index in [0.717, 1.165) is 0 Å². The number of nitrogens with one attached hydrogen (secondary N) is 1. The van der Waals surface area contributed by atoms with E-state index in [9.17, 15) is 9.18 Å². The molecule has 6 nitrogen and oxygen atoms in total. The van der Waals surface area contributed by atoms with Gasteiger partial charge in [-0.15, -0.1) is 0 Å². The van der Waals surface area contributed by atoms with Crippen molar-refractivity contribution in [3.8, 4) is 11.5 Å². The number of oxime groups is 1. The molecule has 0 unspecified atom stereocenters. The number of carbonyl (C=O) groups is 1. The summed E-state index contributed by atoms with van der Waals surface area (Å²) in [4.78, 5) is 16.6. The number of nitrogens with zero attached hydrogens (tertiary/aromatic N) is 1. The third-order valence-corrected chi connectivity index (χ3v) is 3.02. The smallest absolute Gasteiger partial charge is 0.265 e. The molecule has 1 amide bonds. The minimum absolute atomic E-state index is 0.167. The van der Waals surface area contributed by atoms with E-state index in [1.54, 1.807) is 36.4 Å². The van der Waals surface area contributed by atoms with Gasteiger partial charge in [0.05, 0.1) is 6.21 Å². The number of fused-ring (bicyclic) bond motifs is 1. The van der Waals surface area contributed by atoms with Gasteiger partial charge in [0.15, 0.2) is 18.1 Å². The predicted molar refractivity (Wildman–Crippen MR) is 81.1 cm³/mol. The van der Waals surface area contributed by atoms with Crippen molar-refractivity contribution >= 4 is 17.8 Å². The second-order valence-electron chi connectivity index (χ2n) is 4.65. The van der Waals surface area contributed by atoms with E-state index in [4.69, 9.17) is 14.3 Å². The molecule has 3 rings (SSSR count). The molecule has 1 aliphatic heterocycles. The lowest BCUT2D eigenvalue weighted by Crippen LogP contribution is -2.16. The molecular formula is C16H13FN2O4. The van der Waals surface area contributed by atoms with Crippen molar-refractivity contribution in [3.05, 3.63) is 53.8 Å². The molecular weight excluding hydrogens is 303 g/mol. The topological polar surface area (TPSA) is 69.2 Å². The number of benzene rings is 2. The van der Waals surface area contributed by atoms with Crippen molar-refractivity contribution in [2.24, 2.45) is 5.16 Å². The van der Waals surface area contributed by atoms with E-state index < -0.39 is 11.7 Å². The Labute approximate surface area is 131 Å². The number of hydrogen-bond acceptors (Lipinski definition) is 5. The molecule has 0 aromatic heterocycles. The van der Waals surface area contributed by atoms with Crippen molar-refractivity contribution in [3.63, 3.8) is 0 Å². The van der Waals surface area contributed by atoms with Gasteiger partial charge in [-0.25, -0.2) is 4.39 Å². The zero-order chi connectivity index (χ0) is 16.1. The monoisotopic (exact) mass is 316 g/mol. The lowest BCUT2D eigenvalue weighted by Gasteiger charge is -2.05. The maximum absolute atomic E-state index is 13.3. The van der Waals surface area contributed by atoms with Crippen LogP contribution in [0.4, 0.5) is 10.1 Å². The van der Waals surface area contributed by atoms with Crippen molar-refractivity contribution < 1.29 is 23.5 Å². The highest BCUT2D eigenvalue weighted by Crippen LogP contribution is 2.34. The van der Waals surface area contributed by atoms with Crippen LogP contribution in [0, 0.1) is 5.82 Å². The van der Waals surface area contributed by atoms with Gasteiger partial charge >= 0.3 is 0 Å². The molecule has 0 atom stereocenters. The van der Waals surface area contributed by atoms with Crippen LogP contribution in [-0.2, 0) is 9.63 Å². The predicted octanol–water partition coefficient (Wildman–Crippen LogP) is 2.54. The summed E-state index contributed by atoms with van der Waals surface area (Å²) in [7, 11) is 0. The van der Waals surface area contributed by atoms with Gasteiger partial charge in [-0.05, 0) is 18.2 Å². The average Bonchev–Trinajstić information content (AvgIpc) is 3.01. The van der Waals surface area contributed by atoms with Gasteiger partial charge in [-0.3, -0.25) is 4.79 Å². The molecule has 7 heteroatoms. The van der Waals surface area contributed by atoms with Gasteiger partial charge in [0.1, 0.15) is 5.82 Å². The van der Waals surface area contributed by atoms with E-state index in [2.05, 4.69) is 10.5 Å². The Morgan fingerprint density at radius 3 is 2.96 bits per heavy atom. The molecule has 1 aliphatic rings. The summed E-state index contributed by atoms with van der Waals surface area (Å²) >= 11 is 0. The van der Waals surface area contributed by atoms with Crippen LogP contribution in [0.1, 0.15) is 5.56 Å². The van der Waals surface area contributed by atoms with Gasteiger partial charge in [-0.2, -0.15) is 0 Å². The zero-order valence-corrected chi connectivity index (χ0v) is 12.0. The molecule has 118 valence electrons. The molecule has 0 spiro atoms. The Hall–Kier alpha value is -3.09. The maximum atomic E-state index is 13.3. The first-order chi connectivity index (χ1) is 11.2. The van der Waals surface area contributed by atoms with Crippen molar-refractivity contribution in [2.45, 2.75) is 0 Å². The number of ether oxygens (including phenoxy) is 2. The SMILES string of the molecule is O=C(CO/N=C\c1ccccc1F)Nc1ccc2c(c1)OCO2. The van der Waals surface area contributed by atoms with Crippen LogP contribution in [0.5, 0.6) is 11.5 Å². The number of anilines is 1. The zero-order valence-electron chi connectivity index (χ0n) is 12.0. The van der Waals surface area contributed by atoms with Crippen molar-refractivity contribution in [2.75, 3.05) is 18.7 Å². The highest BCUT2D eigenvalue weighted by atomic mass is 19.1. The molecule has 2 aromatic carbocycles. The van der Waals surface area contributed by atoms with Crippen LogP contribution in [0.25, 0.3) is 0 Å². The summed E-state index contributed by atoms with van der Waals surface area (Å²) in [6, 6.07) is 11.2. The van der Waals surface area contributed by atoms with Gasteiger partial charge in [0.2, 0.25) is 6.79 Å². The van der Waals surface area contributed by atoms with Crippen molar-refractivity contribution in [1.82, 2.24) is 0 Å². The Kier molecular flexibility index (Phi) is 4.37.